The maximum absolute atomic E-state index is 11.2. The summed E-state index contributed by atoms with van der Waals surface area (Å²) in [7, 11) is 0. The first kappa shape index (κ1) is 12.9. The molecule has 0 spiro atoms. The van der Waals surface area contributed by atoms with E-state index in [0.717, 1.165) is 36.9 Å². The average molecular weight is 271 g/mol. The van der Waals surface area contributed by atoms with Crippen LogP contribution in [-0.2, 0) is 15.1 Å². The Kier molecular flexibility index (Phi) is 3.28. The molecule has 1 saturated carbocycles. The van der Waals surface area contributed by atoms with Gasteiger partial charge in [-0.25, -0.2) is 4.79 Å². The SMILES string of the molecule is O=C=NC1(c2ccc(N3CCC(=O)N3)cc2)CCCC1. The largest absolute Gasteiger partial charge is 0.285 e. The molecule has 0 unspecified atom stereocenters. The van der Waals surface area contributed by atoms with Gasteiger partial charge in [0.25, 0.3) is 0 Å². The Morgan fingerprint density at radius 1 is 1.20 bits per heavy atom. The van der Waals surface area contributed by atoms with Gasteiger partial charge in [0, 0.05) is 13.0 Å². The molecule has 0 aromatic heterocycles. The molecule has 5 nitrogen and oxygen atoms in total. The van der Waals surface area contributed by atoms with E-state index in [1.807, 2.05) is 29.3 Å². The molecule has 1 saturated heterocycles. The third kappa shape index (κ3) is 2.21. The van der Waals surface area contributed by atoms with Crippen molar-refractivity contribution in [1.82, 2.24) is 5.43 Å². The monoisotopic (exact) mass is 271 g/mol. The maximum atomic E-state index is 11.2. The number of carbonyl (C=O) groups is 1. The van der Waals surface area contributed by atoms with E-state index in [1.165, 1.54) is 0 Å². The van der Waals surface area contributed by atoms with Gasteiger partial charge in [0.2, 0.25) is 12.0 Å². The molecule has 104 valence electrons. The summed E-state index contributed by atoms with van der Waals surface area (Å²) in [5.74, 6) is 0.0481. The minimum atomic E-state index is -0.380. The molecule has 0 atom stereocenters. The van der Waals surface area contributed by atoms with E-state index in [0.29, 0.717) is 13.0 Å². The molecule has 1 N–H and O–H groups in total. The predicted molar refractivity (Wildman–Crippen MR) is 74.8 cm³/mol. The smallest absolute Gasteiger partial charge is 0.240 e. The van der Waals surface area contributed by atoms with Crippen LogP contribution in [0.15, 0.2) is 29.3 Å². The number of anilines is 1. The molecular weight excluding hydrogens is 254 g/mol. The van der Waals surface area contributed by atoms with Gasteiger partial charge in [-0.2, -0.15) is 4.99 Å². The lowest BCUT2D eigenvalue weighted by Crippen LogP contribution is -2.32. The summed E-state index contributed by atoms with van der Waals surface area (Å²) in [4.78, 5) is 26.0. The molecule has 1 aromatic carbocycles. The molecule has 1 amide bonds. The molecule has 1 aliphatic carbocycles. The summed E-state index contributed by atoms with van der Waals surface area (Å²) in [6.45, 7) is 0.690. The van der Waals surface area contributed by atoms with Crippen LogP contribution in [0.1, 0.15) is 37.7 Å². The minimum Gasteiger partial charge on any atom is -0.285 e. The van der Waals surface area contributed by atoms with E-state index in [2.05, 4.69) is 10.4 Å². The van der Waals surface area contributed by atoms with Crippen LogP contribution in [0.5, 0.6) is 0 Å². The zero-order chi connectivity index (χ0) is 14.0. The molecule has 3 rings (SSSR count). The summed E-state index contributed by atoms with van der Waals surface area (Å²) < 4.78 is 0. The number of nitrogens with zero attached hydrogens (tertiary/aromatic N) is 2. The minimum absolute atomic E-state index is 0.0481. The van der Waals surface area contributed by atoms with Gasteiger partial charge in [0.15, 0.2) is 0 Å². The highest BCUT2D eigenvalue weighted by atomic mass is 16.2. The number of isocyanates is 1. The molecule has 1 heterocycles. The van der Waals surface area contributed by atoms with Crippen molar-refractivity contribution in [2.45, 2.75) is 37.6 Å². The fraction of sp³-hybridized carbons (Fsp3) is 0.467. The fourth-order valence-electron chi connectivity index (χ4n) is 3.13. The Labute approximate surface area is 117 Å². The summed E-state index contributed by atoms with van der Waals surface area (Å²) in [5, 5.41) is 1.84. The van der Waals surface area contributed by atoms with Crippen LogP contribution in [0.2, 0.25) is 0 Å². The highest BCUT2D eigenvalue weighted by molar-refractivity contribution is 5.81. The number of benzene rings is 1. The van der Waals surface area contributed by atoms with E-state index in [4.69, 9.17) is 0 Å². The molecular formula is C15H17N3O2. The summed E-state index contributed by atoms with van der Waals surface area (Å²) in [5.41, 5.74) is 4.45. The quantitative estimate of drug-likeness (QED) is 0.676. The van der Waals surface area contributed by atoms with Gasteiger partial charge in [-0.1, -0.05) is 25.0 Å². The summed E-state index contributed by atoms with van der Waals surface area (Å²) in [6, 6.07) is 7.96. The van der Waals surface area contributed by atoms with Crippen LogP contribution in [-0.4, -0.2) is 18.5 Å². The van der Waals surface area contributed by atoms with E-state index in [-0.39, 0.29) is 11.4 Å². The predicted octanol–water partition coefficient (Wildman–Crippen LogP) is 2.03. The van der Waals surface area contributed by atoms with E-state index in [1.54, 1.807) is 6.08 Å². The fourth-order valence-corrected chi connectivity index (χ4v) is 3.13. The van der Waals surface area contributed by atoms with Crippen LogP contribution in [0.25, 0.3) is 0 Å². The van der Waals surface area contributed by atoms with Crippen LogP contribution in [0, 0.1) is 0 Å². The van der Waals surface area contributed by atoms with E-state index in [9.17, 15) is 9.59 Å². The molecule has 20 heavy (non-hydrogen) atoms. The van der Waals surface area contributed by atoms with Crippen LogP contribution >= 0.6 is 0 Å². The first-order valence-corrected chi connectivity index (χ1v) is 7.00. The molecule has 0 bridgehead atoms. The van der Waals surface area contributed by atoms with Crippen molar-refractivity contribution in [1.29, 1.82) is 0 Å². The van der Waals surface area contributed by atoms with Crippen molar-refractivity contribution < 1.29 is 9.59 Å². The van der Waals surface area contributed by atoms with Gasteiger partial charge >= 0.3 is 0 Å². The number of carbonyl (C=O) groups excluding carboxylic acids is 2. The number of aliphatic imine (C=N–C) groups is 1. The number of hydrogen-bond acceptors (Lipinski definition) is 4. The molecule has 0 radical (unpaired) electrons. The van der Waals surface area contributed by atoms with Gasteiger partial charge in [-0.05, 0) is 30.5 Å². The van der Waals surface area contributed by atoms with Gasteiger partial charge in [0.1, 0.15) is 0 Å². The average Bonchev–Trinajstić information content (AvgIpc) is 3.10. The van der Waals surface area contributed by atoms with Gasteiger partial charge < -0.3 is 0 Å². The number of amides is 1. The second-order valence-corrected chi connectivity index (χ2v) is 5.43. The van der Waals surface area contributed by atoms with E-state index < -0.39 is 0 Å². The number of hydrazine groups is 1. The molecule has 1 aromatic rings. The van der Waals surface area contributed by atoms with E-state index >= 15 is 0 Å². The zero-order valence-corrected chi connectivity index (χ0v) is 11.3. The first-order chi connectivity index (χ1) is 9.73. The number of rotatable bonds is 3. The van der Waals surface area contributed by atoms with Crippen molar-refractivity contribution in [2.75, 3.05) is 11.6 Å². The number of nitrogens with one attached hydrogen (secondary N) is 1. The maximum Gasteiger partial charge on any atom is 0.240 e. The van der Waals surface area contributed by atoms with Gasteiger partial charge in [-0.15, -0.1) is 0 Å². The standard InChI is InChI=1S/C15H17N3O2/c19-11-16-15(8-1-2-9-15)12-3-5-13(6-4-12)18-10-7-14(20)17-18/h3-6H,1-2,7-10H2,(H,17,20). The lowest BCUT2D eigenvalue weighted by atomic mass is 9.89. The van der Waals surface area contributed by atoms with Crippen LogP contribution in [0.4, 0.5) is 5.69 Å². The summed E-state index contributed by atoms with van der Waals surface area (Å²) >= 11 is 0. The Balaban J connectivity index is 1.85. The third-order valence-electron chi connectivity index (χ3n) is 4.23. The Bertz CT molecular complexity index is 555. The number of hydrogen-bond donors (Lipinski definition) is 1. The molecule has 2 aliphatic rings. The van der Waals surface area contributed by atoms with Crippen molar-refractivity contribution in [3.63, 3.8) is 0 Å². The molecule has 2 fully saturated rings. The molecule has 5 heteroatoms. The zero-order valence-electron chi connectivity index (χ0n) is 11.3. The van der Waals surface area contributed by atoms with Crippen molar-refractivity contribution >= 4 is 17.7 Å². The third-order valence-corrected chi connectivity index (χ3v) is 4.23. The lowest BCUT2D eigenvalue weighted by Gasteiger charge is -2.24. The Hall–Kier alpha value is -2.13. The summed E-state index contributed by atoms with van der Waals surface area (Å²) in [6.07, 6.45) is 6.26. The van der Waals surface area contributed by atoms with Crippen LogP contribution in [0.3, 0.4) is 0 Å². The highest BCUT2D eigenvalue weighted by Gasteiger charge is 2.35. The van der Waals surface area contributed by atoms with Gasteiger partial charge in [-0.3, -0.25) is 15.2 Å². The second kappa shape index (κ2) is 5.10. The first-order valence-electron chi connectivity index (χ1n) is 7.00. The van der Waals surface area contributed by atoms with Crippen molar-refractivity contribution in [2.24, 2.45) is 4.99 Å². The Morgan fingerprint density at radius 3 is 2.45 bits per heavy atom. The molecule has 1 aliphatic heterocycles. The van der Waals surface area contributed by atoms with Crippen molar-refractivity contribution in [3.8, 4) is 0 Å². The lowest BCUT2D eigenvalue weighted by molar-refractivity contribution is -0.119. The van der Waals surface area contributed by atoms with Crippen LogP contribution < -0.4 is 10.4 Å². The topological polar surface area (TPSA) is 61.8 Å². The Morgan fingerprint density at radius 2 is 1.90 bits per heavy atom. The van der Waals surface area contributed by atoms with Crippen molar-refractivity contribution in [3.05, 3.63) is 29.8 Å². The normalized spacial score (nSPS) is 20.6. The second-order valence-electron chi connectivity index (χ2n) is 5.43. The highest BCUT2D eigenvalue weighted by Crippen LogP contribution is 2.42. The van der Waals surface area contributed by atoms with Gasteiger partial charge in [0.05, 0.1) is 11.2 Å².